The second-order valence-corrected chi connectivity index (χ2v) is 6.26. The molecule has 1 aromatic carbocycles. The second kappa shape index (κ2) is 5.47. The van der Waals surface area contributed by atoms with Crippen molar-refractivity contribution in [3.05, 3.63) is 42.0 Å². The molecule has 1 rings (SSSR count). The van der Waals surface area contributed by atoms with Gasteiger partial charge >= 0.3 is 0 Å². The van der Waals surface area contributed by atoms with Gasteiger partial charge in [0.2, 0.25) is 10.0 Å². The van der Waals surface area contributed by atoms with Gasteiger partial charge in [0.1, 0.15) is 0 Å². The summed E-state index contributed by atoms with van der Waals surface area (Å²) in [6.07, 6.45) is 0. The summed E-state index contributed by atoms with van der Waals surface area (Å²) in [5, 5.41) is 0. The number of benzene rings is 1. The third-order valence-corrected chi connectivity index (χ3v) is 3.76. The van der Waals surface area contributed by atoms with Crippen LogP contribution in [0.15, 0.2) is 30.8 Å². The van der Waals surface area contributed by atoms with Crippen LogP contribution in [-0.2, 0) is 15.8 Å². The smallest absolute Gasteiger partial charge is 0.212 e. The Hall–Kier alpha value is -1.13. The summed E-state index contributed by atoms with van der Waals surface area (Å²) in [4.78, 5) is 0. The molecule has 0 radical (unpaired) electrons. The Morgan fingerprint density at radius 1 is 1.29 bits per heavy atom. The van der Waals surface area contributed by atoms with E-state index in [0.717, 1.165) is 16.7 Å². The van der Waals surface area contributed by atoms with Crippen molar-refractivity contribution >= 4 is 15.6 Å². The Morgan fingerprint density at radius 3 is 2.24 bits per heavy atom. The summed E-state index contributed by atoms with van der Waals surface area (Å²) in [6, 6.07) is 7.35. The topological polar surface area (TPSA) is 46.2 Å². The number of hydrogen-bond acceptors (Lipinski definition) is 2. The van der Waals surface area contributed by atoms with Crippen LogP contribution in [0.4, 0.5) is 0 Å². The SMILES string of the molecule is C=C(C)c1ccc(CS(=O)(=O)NC(C)C)cc1. The molecular formula is C13H19NO2S. The normalized spacial score (nSPS) is 11.8. The van der Waals surface area contributed by atoms with Crippen molar-refractivity contribution in [2.24, 2.45) is 0 Å². The van der Waals surface area contributed by atoms with E-state index in [2.05, 4.69) is 11.3 Å². The highest BCUT2D eigenvalue weighted by atomic mass is 32.2. The maximum atomic E-state index is 11.7. The minimum atomic E-state index is -3.24. The molecule has 0 aliphatic carbocycles. The molecule has 1 aromatic rings. The van der Waals surface area contributed by atoms with Crippen LogP contribution in [0.25, 0.3) is 5.57 Å². The molecule has 0 aromatic heterocycles. The zero-order chi connectivity index (χ0) is 13.1. The summed E-state index contributed by atoms with van der Waals surface area (Å²) in [5.74, 6) is 0.0155. The van der Waals surface area contributed by atoms with E-state index >= 15 is 0 Å². The number of hydrogen-bond donors (Lipinski definition) is 1. The first-order chi connectivity index (χ1) is 7.80. The van der Waals surface area contributed by atoms with E-state index in [-0.39, 0.29) is 11.8 Å². The van der Waals surface area contributed by atoms with E-state index in [9.17, 15) is 8.42 Å². The van der Waals surface area contributed by atoms with E-state index in [4.69, 9.17) is 0 Å². The maximum absolute atomic E-state index is 11.7. The Bertz CT molecular complexity index is 487. The van der Waals surface area contributed by atoms with Crippen molar-refractivity contribution in [2.45, 2.75) is 32.6 Å². The molecule has 0 saturated heterocycles. The van der Waals surface area contributed by atoms with E-state index in [1.165, 1.54) is 0 Å². The maximum Gasteiger partial charge on any atom is 0.216 e. The zero-order valence-electron chi connectivity index (χ0n) is 10.5. The fourth-order valence-electron chi connectivity index (χ4n) is 1.51. The first kappa shape index (κ1) is 13.9. The fourth-order valence-corrected chi connectivity index (χ4v) is 2.94. The minimum Gasteiger partial charge on any atom is -0.212 e. The average molecular weight is 253 g/mol. The quantitative estimate of drug-likeness (QED) is 0.876. The summed E-state index contributed by atoms with van der Waals surface area (Å²) < 4.78 is 26.0. The van der Waals surface area contributed by atoms with Gasteiger partial charge in [0.25, 0.3) is 0 Å². The van der Waals surface area contributed by atoms with Crippen molar-refractivity contribution < 1.29 is 8.42 Å². The standard InChI is InChI=1S/C13H19NO2S/c1-10(2)13-7-5-12(6-8-13)9-17(15,16)14-11(3)4/h5-8,11,14H,1,9H2,2-4H3. The van der Waals surface area contributed by atoms with Gasteiger partial charge in [0.05, 0.1) is 5.75 Å². The molecule has 1 N–H and O–H groups in total. The van der Waals surface area contributed by atoms with Crippen molar-refractivity contribution in [1.29, 1.82) is 0 Å². The van der Waals surface area contributed by atoms with Crippen LogP contribution in [0.3, 0.4) is 0 Å². The molecule has 0 aliphatic rings. The third-order valence-electron chi connectivity index (χ3n) is 2.22. The molecule has 17 heavy (non-hydrogen) atoms. The fraction of sp³-hybridized carbons (Fsp3) is 0.385. The number of nitrogens with one attached hydrogen (secondary N) is 1. The van der Waals surface area contributed by atoms with Crippen LogP contribution < -0.4 is 4.72 Å². The number of rotatable bonds is 5. The predicted octanol–water partition coefficient (Wildman–Crippen LogP) is 2.55. The van der Waals surface area contributed by atoms with Gasteiger partial charge in [-0.25, -0.2) is 13.1 Å². The second-order valence-electron chi connectivity index (χ2n) is 4.51. The molecule has 0 spiro atoms. The number of sulfonamides is 1. The van der Waals surface area contributed by atoms with Gasteiger partial charge in [0, 0.05) is 6.04 Å². The van der Waals surface area contributed by atoms with Crippen molar-refractivity contribution in [1.82, 2.24) is 4.72 Å². The largest absolute Gasteiger partial charge is 0.216 e. The lowest BCUT2D eigenvalue weighted by Gasteiger charge is -2.09. The molecule has 0 saturated carbocycles. The lowest BCUT2D eigenvalue weighted by molar-refractivity contribution is 0.569. The number of allylic oxidation sites excluding steroid dienone is 1. The Balaban J connectivity index is 2.79. The summed E-state index contributed by atoms with van der Waals surface area (Å²) in [5.41, 5.74) is 2.78. The van der Waals surface area contributed by atoms with E-state index in [0.29, 0.717) is 0 Å². The zero-order valence-corrected chi connectivity index (χ0v) is 11.3. The third kappa shape index (κ3) is 4.71. The van der Waals surface area contributed by atoms with Crippen LogP contribution in [0.2, 0.25) is 0 Å². The van der Waals surface area contributed by atoms with Crippen molar-refractivity contribution in [3.8, 4) is 0 Å². The molecule has 0 fully saturated rings. The Kier molecular flexibility index (Phi) is 4.48. The summed E-state index contributed by atoms with van der Waals surface area (Å²) >= 11 is 0. The van der Waals surface area contributed by atoms with Crippen molar-refractivity contribution in [2.75, 3.05) is 0 Å². The molecule has 0 amide bonds. The van der Waals surface area contributed by atoms with E-state index in [1.807, 2.05) is 45.0 Å². The molecule has 0 heterocycles. The summed E-state index contributed by atoms with van der Waals surface area (Å²) in [7, 11) is -3.24. The van der Waals surface area contributed by atoms with Gasteiger partial charge in [-0.05, 0) is 31.9 Å². The highest BCUT2D eigenvalue weighted by Crippen LogP contribution is 2.13. The van der Waals surface area contributed by atoms with E-state index < -0.39 is 10.0 Å². The monoisotopic (exact) mass is 253 g/mol. The van der Waals surface area contributed by atoms with Crippen LogP contribution in [-0.4, -0.2) is 14.5 Å². The van der Waals surface area contributed by atoms with Gasteiger partial charge in [-0.3, -0.25) is 0 Å². The van der Waals surface area contributed by atoms with E-state index in [1.54, 1.807) is 0 Å². The first-order valence-electron chi connectivity index (χ1n) is 5.55. The van der Waals surface area contributed by atoms with Gasteiger partial charge in [-0.1, -0.05) is 36.4 Å². The molecule has 0 atom stereocenters. The molecule has 94 valence electrons. The highest BCUT2D eigenvalue weighted by Gasteiger charge is 2.12. The van der Waals surface area contributed by atoms with Crippen molar-refractivity contribution in [3.63, 3.8) is 0 Å². The van der Waals surface area contributed by atoms with Gasteiger partial charge in [-0.15, -0.1) is 0 Å². The highest BCUT2D eigenvalue weighted by molar-refractivity contribution is 7.88. The molecule has 4 heteroatoms. The average Bonchev–Trinajstić information content (AvgIpc) is 2.15. The van der Waals surface area contributed by atoms with Crippen LogP contribution in [0.5, 0.6) is 0 Å². The van der Waals surface area contributed by atoms with Crippen LogP contribution >= 0.6 is 0 Å². The van der Waals surface area contributed by atoms with Crippen LogP contribution in [0.1, 0.15) is 31.9 Å². The molecule has 0 aliphatic heterocycles. The molecule has 3 nitrogen and oxygen atoms in total. The predicted molar refractivity (Wildman–Crippen MR) is 72.0 cm³/mol. The molecular weight excluding hydrogens is 234 g/mol. The van der Waals surface area contributed by atoms with Crippen LogP contribution in [0, 0.1) is 0 Å². The summed E-state index contributed by atoms with van der Waals surface area (Å²) in [6.45, 7) is 9.38. The minimum absolute atomic E-state index is 0.0155. The van der Waals surface area contributed by atoms with Gasteiger partial charge < -0.3 is 0 Å². The molecule has 0 bridgehead atoms. The lowest BCUT2D eigenvalue weighted by atomic mass is 10.1. The Labute approximate surface area is 104 Å². The van der Waals surface area contributed by atoms with Gasteiger partial charge in [0.15, 0.2) is 0 Å². The first-order valence-corrected chi connectivity index (χ1v) is 7.20. The Morgan fingerprint density at radius 2 is 1.82 bits per heavy atom. The molecule has 0 unspecified atom stereocenters. The lowest BCUT2D eigenvalue weighted by Crippen LogP contribution is -2.31. The van der Waals surface area contributed by atoms with Gasteiger partial charge in [-0.2, -0.15) is 0 Å².